The number of hydrogen-bond donors (Lipinski definition) is 2. The summed E-state index contributed by atoms with van der Waals surface area (Å²) in [5, 5.41) is 8.98. The highest BCUT2D eigenvalue weighted by atomic mass is 32.1. The van der Waals surface area contributed by atoms with Crippen molar-refractivity contribution in [2.24, 2.45) is 0 Å². The van der Waals surface area contributed by atoms with Crippen LogP contribution < -0.4 is 15.4 Å². The van der Waals surface area contributed by atoms with Crippen molar-refractivity contribution in [2.75, 3.05) is 20.2 Å². The van der Waals surface area contributed by atoms with Crippen molar-refractivity contribution in [1.82, 2.24) is 15.5 Å². The van der Waals surface area contributed by atoms with Gasteiger partial charge in [-0.3, -0.25) is 4.79 Å². The molecule has 1 heterocycles. The van der Waals surface area contributed by atoms with Crippen LogP contribution in [0.1, 0.15) is 32.4 Å². The van der Waals surface area contributed by atoms with Crippen LogP contribution in [0.4, 0.5) is 0 Å². The summed E-state index contributed by atoms with van der Waals surface area (Å²) in [4.78, 5) is 15.1. The minimum atomic E-state index is -0.317. The first-order chi connectivity index (χ1) is 13.0. The van der Waals surface area contributed by atoms with Gasteiger partial charge in [0.15, 0.2) is 5.11 Å². The van der Waals surface area contributed by atoms with Crippen LogP contribution in [0.3, 0.4) is 0 Å². The molecule has 27 heavy (non-hydrogen) atoms. The third-order valence-corrected chi connectivity index (χ3v) is 5.22. The monoisotopic (exact) mass is 383 g/mol. The van der Waals surface area contributed by atoms with E-state index < -0.39 is 0 Å². The van der Waals surface area contributed by atoms with Gasteiger partial charge in [-0.2, -0.15) is 0 Å². The van der Waals surface area contributed by atoms with Crippen LogP contribution in [0.2, 0.25) is 0 Å². The van der Waals surface area contributed by atoms with E-state index in [0.29, 0.717) is 23.8 Å². The zero-order valence-corrected chi connectivity index (χ0v) is 16.9. The lowest BCUT2D eigenvalue weighted by atomic mass is 9.90. The van der Waals surface area contributed by atoms with E-state index in [0.717, 1.165) is 27.8 Å². The van der Waals surface area contributed by atoms with Crippen LogP contribution in [0.5, 0.6) is 5.75 Å². The molecule has 6 heteroatoms. The maximum absolute atomic E-state index is 13.2. The van der Waals surface area contributed by atoms with Crippen molar-refractivity contribution in [2.45, 2.75) is 26.8 Å². The SMILES string of the molecule is CCN(CC)C(=O)C1=C(C)NC(=S)N[C@@H]1c1ccc(OC)c2ccccc12. The lowest BCUT2D eigenvalue weighted by Gasteiger charge is -2.33. The summed E-state index contributed by atoms with van der Waals surface area (Å²) < 4.78 is 5.51. The molecule has 2 aromatic carbocycles. The number of allylic oxidation sites excluding steroid dienone is 1. The Labute approximate surface area is 165 Å². The molecule has 0 fully saturated rings. The van der Waals surface area contributed by atoms with Gasteiger partial charge in [-0.1, -0.05) is 30.3 Å². The molecular weight excluding hydrogens is 358 g/mol. The quantitative estimate of drug-likeness (QED) is 0.774. The normalized spacial score (nSPS) is 16.7. The van der Waals surface area contributed by atoms with Crippen LogP contribution in [0, 0.1) is 0 Å². The molecule has 0 aromatic heterocycles. The summed E-state index contributed by atoms with van der Waals surface area (Å²) in [6, 6.07) is 11.7. The number of carbonyl (C=O) groups is 1. The van der Waals surface area contributed by atoms with E-state index >= 15 is 0 Å². The van der Waals surface area contributed by atoms with Crippen molar-refractivity contribution in [3.63, 3.8) is 0 Å². The first-order valence-corrected chi connectivity index (χ1v) is 9.55. The van der Waals surface area contributed by atoms with E-state index in [4.69, 9.17) is 17.0 Å². The highest BCUT2D eigenvalue weighted by Crippen LogP contribution is 2.36. The highest BCUT2D eigenvalue weighted by Gasteiger charge is 2.32. The average Bonchev–Trinajstić information content (AvgIpc) is 2.67. The number of nitrogens with one attached hydrogen (secondary N) is 2. The number of carbonyl (C=O) groups excluding carboxylic acids is 1. The zero-order valence-electron chi connectivity index (χ0n) is 16.1. The van der Waals surface area contributed by atoms with Gasteiger partial charge in [0, 0.05) is 24.2 Å². The van der Waals surface area contributed by atoms with Gasteiger partial charge < -0.3 is 20.3 Å². The number of fused-ring (bicyclic) bond motifs is 1. The van der Waals surface area contributed by atoms with E-state index in [9.17, 15) is 4.79 Å². The van der Waals surface area contributed by atoms with Gasteiger partial charge in [0.1, 0.15) is 5.75 Å². The number of methoxy groups -OCH3 is 1. The maximum Gasteiger partial charge on any atom is 0.253 e. The number of likely N-dealkylation sites (N-methyl/N-ethyl adjacent to an activating group) is 1. The molecule has 1 atom stereocenters. The molecule has 5 nitrogen and oxygen atoms in total. The van der Waals surface area contributed by atoms with Crippen molar-refractivity contribution < 1.29 is 9.53 Å². The van der Waals surface area contributed by atoms with Crippen LogP contribution in [-0.4, -0.2) is 36.1 Å². The fourth-order valence-electron chi connectivity index (χ4n) is 3.62. The average molecular weight is 384 g/mol. The zero-order chi connectivity index (χ0) is 19.6. The number of benzene rings is 2. The number of thiocarbonyl (C=S) groups is 1. The molecule has 1 aliphatic heterocycles. The van der Waals surface area contributed by atoms with E-state index in [-0.39, 0.29) is 11.9 Å². The minimum Gasteiger partial charge on any atom is -0.496 e. The highest BCUT2D eigenvalue weighted by molar-refractivity contribution is 7.80. The summed E-state index contributed by atoms with van der Waals surface area (Å²) in [6.45, 7) is 7.20. The predicted octanol–water partition coefficient (Wildman–Crippen LogP) is 3.51. The summed E-state index contributed by atoms with van der Waals surface area (Å²) in [5.74, 6) is 0.827. The fourth-order valence-corrected chi connectivity index (χ4v) is 3.89. The molecule has 0 unspecified atom stereocenters. The van der Waals surface area contributed by atoms with Crippen molar-refractivity contribution >= 4 is 34.0 Å². The Morgan fingerprint density at radius 3 is 2.44 bits per heavy atom. The van der Waals surface area contributed by atoms with E-state index in [1.54, 1.807) is 7.11 Å². The largest absolute Gasteiger partial charge is 0.496 e. The molecule has 0 radical (unpaired) electrons. The Kier molecular flexibility index (Phi) is 5.65. The van der Waals surface area contributed by atoms with E-state index in [2.05, 4.69) is 16.7 Å². The van der Waals surface area contributed by atoms with Crippen LogP contribution in [0.25, 0.3) is 10.8 Å². The Morgan fingerprint density at radius 2 is 1.81 bits per heavy atom. The second kappa shape index (κ2) is 7.96. The van der Waals surface area contributed by atoms with Crippen molar-refractivity contribution in [3.05, 3.63) is 53.2 Å². The molecule has 2 N–H and O–H groups in total. The summed E-state index contributed by atoms with van der Waals surface area (Å²) in [5.41, 5.74) is 2.49. The van der Waals surface area contributed by atoms with Crippen molar-refractivity contribution in [1.29, 1.82) is 0 Å². The fraction of sp³-hybridized carbons (Fsp3) is 0.333. The third kappa shape index (κ3) is 3.49. The summed E-state index contributed by atoms with van der Waals surface area (Å²) in [6.07, 6.45) is 0. The van der Waals surface area contributed by atoms with E-state index in [1.165, 1.54) is 0 Å². The molecule has 0 saturated carbocycles. The van der Waals surface area contributed by atoms with Gasteiger partial charge >= 0.3 is 0 Å². The van der Waals surface area contributed by atoms with Gasteiger partial charge in [-0.25, -0.2) is 0 Å². The lowest BCUT2D eigenvalue weighted by Crippen LogP contribution is -2.47. The molecule has 3 rings (SSSR count). The number of hydrogen-bond acceptors (Lipinski definition) is 3. The topological polar surface area (TPSA) is 53.6 Å². The molecule has 0 saturated heterocycles. The Hall–Kier alpha value is -2.60. The lowest BCUT2D eigenvalue weighted by molar-refractivity contribution is -0.127. The molecule has 1 aliphatic rings. The van der Waals surface area contributed by atoms with Crippen molar-refractivity contribution in [3.8, 4) is 5.75 Å². The summed E-state index contributed by atoms with van der Waals surface area (Å²) in [7, 11) is 1.67. The van der Waals surface area contributed by atoms with Gasteiger partial charge in [0.05, 0.1) is 18.7 Å². The number of nitrogens with zero attached hydrogens (tertiary/aromatic N) is 1. The number of amides is 1. The smallest absolute Gasteiger partial charge is 0.253 e. The van der Waals surface area contributed by atoms with Gasteiger partial charge in [0.25, 0.3) is 5.91 Å². The van der Waals surface area contributed by atoms with Gasteiger partial charge in [0.2, 0.25) is 0 Å². The molecule has 142 valence electrons. The first kappa shape index (κ1) is 19.2. The number of rotatable bonds is 5. The molecule has 0 bridgehead atoms. The second-order valence-electron chi connectivity index (χ2n) is 6.45. The predicted molar refractivity (Wildman–Crippen MR) is 113 cm³/mol. The van der Waals surface area contributed by atoms with Crippen LogP contribution in [-0.2, 0) is 4.79 Å². The van der Waals surface area contributed by atoms with Crippen LogP contribution >= 0.6 is 12.2 Å². The summed E-state index contributed by atoms with van der Waals surface area (Å²) >= 11 is 5.39. The number of ether oxygens (including phenoxy) is 1. The van der Waals surface area contributed by atoms with Gasteiger partial charge in [-0.15, -0.1) is 0 Å². The first-order valence-electron chi connectivity index (χ1n) is 9.14. The standard InChI is InChI=1S/C21H25N3O2S/c1-5-24(6-2)20(25)18-13(3)22-21(27)23-19(18)16-11-12-17(26-4)15-10-8-7-9-14(15)16/h7-12,19H,5-6H2,1-4H3,(H2,22,23,27)/t19-/m1/s1. The van der Waals surface area contributed by atoms with Gasteiger partial charge in [-0.05, 0) is 50.0 Å². The van der Waals surface area contributed by atoms with Crippen LogP contribution in [0.15, 0.2) is 47.7 Å². The molecule has 0 spiro atoms. The Morgan fingerprint density at radius 1 is 1.15 bits per heavy atom. The molecule has 2 aromatic rings. The minimum absolute atomic E-state index is 0.0184. The Bertz CT molecular complexity index is 919. The van der Waals surface area contributed by atoms with E-state index in [1.807, 2.05) is 56.0 Å². The Balaban J connectivity index is 2.19. The third-order valence-electron chi connectivity index (χ3n) is 5.00. The molecule has 1 amide bonds. The maximum atomic E-state index is 13.2. The molecule has 0 aliphatic carbocycles. The second-order valence-corrected chi connectivity index (χ2v) is 6.86. The molecular formula is C21H25N3O2S.